The lowest BCUT2D eigenvalue weighted by Gasteiger charge is -2.15. The van der Waals surface area contributed by atoms with Crippen LogP contribution < -0.4 is 0 Å². The van der Waals surface area contributed by atoms with Gasteiger partial charge in [0.15, 0.2) is 0 Å². The summed E-state index contributed by atoms with van der Waals surface area (Å²) < 4.78 is 0. The fourth-order valence-electron chi connectivity index (χ4n) is 1.26. The molecule has 0 saturated heterocycles. The highest BCUT2D eigenvalue weighted by Gasteiger charge is 2.28. The molecule has 0 aliphatic carbocycles. The highest BCUT2D eigenvalue weighted by atomic mass is 16.6. The number of hydrogen-bond donors (Lipinski definition) is 3. The van der Waals surface area contributed by atoms with Crippen molar-refractivity contribution in [3.05, 3.63) is 34.1 Å². The minimum absolute atomic E-state index is 0.355. The maximum atomic E-state index is 10.6. The van der Waals surface area contributed by atoms with E-state index in [1.807, 2.05) is 0 Å². The molecule has 0 saturated carbocycles. The molecule has 0 fully saturated rings. The van der Waals surface area contributed by atoms with Gasteiger partial charge < -0.3 is 15.3 Å². The molecule has 0 spiro atoms. The van der Waals surface area contributed by atoms with Crippen LogP contribution >= 0.6 is 0 Å². The van der Waals surface area contributed by atoms with Gasteiger partial charge in [-0.25, -0.2) is 0 Å². The van der Waals surface area contributed by atoms with E-state index in [4.69, 9.17) is 5.11 Å². The van der Waals surface area contributed by atoms with Crippen molar-refractivity contribution >= 4 is 11.7 Å². The first-order chi connectivity index (χ1) is 7.93. The summed E-state index contributed by atoms with van der Waals surface area (Å²) in [7, 11) is 0. The summed E-state index contributed by atoms with van der Waals surface area (Å²) in [6.07, 6.45) is -2.89. The zero-order valence-corrected chi connectivity index (χ0v) is 8.55. The summed E-state index contributed by atoms with van der Waals surface area (Å²) in [5.74, 6) is -1.32. The van der Waals surface area contributed by atoms with Crippen LogP contribution in [-0.2, 0) is 4.79 Å². The number of aliphatic hydroxyl groups excluding tert-OH is 2. The standard InChI is InChI=1S/C9H10N2O6/c12-6(4-7(13)14)9(15)8-5(11(16)17)2-1-3-10-8/h1-3,6,9,12,15H,4H2,(H,13,14). The molecule has 2 unspecified atom stereocenters. The fourth-order valence-corrected chi connectivity index (χ4v) is 1.26. The van der Waals surface area contributed by atoms with Crippen LogP contribution in [0.4, 0.5) is 5.69 Å². The molecule has 0 bridgehead atoms. The Kier molecular flexibility index (Phi) is 4.07. The summed E-state index contributed by atoms with van der Waals surface area (Å²) in [4.78, 5) is 23.8. The third-order valence-electron chi connectivity index (χ3n) is 2.04. The molecule has 92 valence electrons. The van der Waals surface area contributed by atoms with Gasteiger partial charge in [-0.1, -0.05) is 0 Å². The minimum Gasteiger partial charge on any atom is -0.481 e. The summed E-state index contributed by atoms with van der Waals surface area (Å²) in [5, 5.41) is 38.0. The van der Waals surface area contributed by atoms with Crippen molar-refractivity contribution in [1.29, 1.82) is 0 Å². The first-order valence-corrected chi connectivity index (χ1v) is 4.60. The van der Waals surface area contributed by atoms with Crippen LogP contribution in [0, 0.1) is 10.1 Å². The number of carboxylic acid groups (broad SMARTS) is 1. The summed E-state index contributed by atoms with van der Waals surface area (Å²) in [5.41, 5.74) is -0.823. The van der Waals surface area contributed by atoms with E-state index in [-0.39, 0.29) is 5.69 Å². The Morgan fingerprint density at radius 2 is 2.18 bits per heavy atom. The maximum Gasteiger partial charge on any atom is 0.306 e. The Hall–Kier alpha value is -2.06. The lowest BCUT2D eigenvalue weighted by atomic mass is 10.1. The van der Waals surface area contributed by atoms with Crippen LogP contribution in [0.3, 0.4) is 0 Å². The van der Waals surface area contributed by atoms with Crippen molar-refractivity contribution in [2.45, 2.75) is 18.6 Å². The largest absolute Gasteiger partial charge is 0.481 e. The second kappa shape index (κ2) is 5.32. The van der Waals surface area contributed by atoms with Crippen LogP contribution in [-0.4, -0.2) is 37.3 Å². The van der Waals surface area contributed by atoms with Crippen molar-refractivity contribution in [2.24, 2.45) is 0 Å². The molecule has 2 atom stereocenters. The first-order valence-electron chi connectivity index (χ1n) is 4.60. The number of carbonyl (C=O) groups is 1. The van der Waals surface area contributed by atoms with Crippen LogP contribution in [0.5, 0.6) is 0 Å². The number of aromatic nitrogens is 1. The minimum atomic E-state index is -1.72. The average molecular weight is 242 g/mol. The topological polar surface area (TPSA) is 134 Å². The third-order valence-corrected chi connectivity index (χ3v) is 2.04. The van der Waals surface area contributed by atoms with E-state index in [0.29, 0.717) is 0 Å². The van der Waals surface area contributed by atoms with Crippen LogP contribution in [0.25, 0.3) is 0 Å². The van der Waals surface area contributed by atoms with E-state index in [9.17, 15) is 25.1 Å². The second-order valence-electron chi connectivity index (χ2n) is 3.27. The predicted octanol–water partition coefficient (Wildman–Crippen LogP) is -0.141. The molecule has 0 amide bonds. The fraction of sp³-hybridized carbons (Fsp3) is 0.333. The SMILES string of the molecule is O=C(O)CC(O)C(O)c1ncccc1[N+](=O)[O-]. The molecule has 8 heteroatoms. The van der Waals surface area contributed by atoms with E-state index >= 15 is 0 Å². The molecule has 1 aromatic rings. The summed E-state index contributed by atoms with van der Waals surface area (Å²) in [6, 6.07) is 2.41. The number of nitrogens with zero attached hydrogens (tertiary/aromatic N) is 2. The molecule has 3 N–H and O–H groups in total. The van der Waals surface area contributed by atoms with E-state index in [2.05, 4.69) is 4.98 Å². The number of nitro groups is 1. The van der Waals surface area contributed by atoms with Gasteiger partial charge in [0.2, 0.25) is 0 Å². The zero-order valence-electron chi connectivity index (χ0n) is 8.55. The molecule has 1 rings (SSSR count). The number of carboxylic acids is 1. The molecule has 0 aliphatic heterocycles. The highest BCUT2D eigenvalue weighted by molar-refractivity contribution is 5.67. The Balaban J connectivity index is 2.99. The summed E-state index contributed by atoms with van der Waals surface area (Å²) >= 11 is 0. The van der Waals surface area contributed by atoms with Gasteiger partial charge in [-0.2, -0.15) is 0 Å². The number of aliphatic hydroxyl groups is 2. The zero-order chi connectivity index (χ0) is 13.0. The van der Waals surface area contributed by atoms with E-state index in [0.717, 1.165) is 6.07 Å². The van der Waals surface area contributed by atoms with Crippen molar-refractivity contribution in [1.82, 2.24) is 4.98 Å². The Bertz CT molecular complexity index is 435. The number of aliphatic carboxylic acids is 1. The van der Waals surface area contributed by atoms with E-state index in [1.54, 1.807) is 0 Å². The lowest BCUT2D eigenvalue weighted by molar-refractivity contribution is -0.386. The summed E-state index contributed by atoms with van der Waals surface area (Å²) in [6.45, 7) is 0. The monoisotopic (exact) mass is 242 g/mol. The van der Waals surface area contributed by atoms with Crippen molar-refractivity contribution in [2.75, 3.05) is 0 Å². The van der Waals surface area contributed by atoms with Gasteiger partial charge in [-0.05, 0) is 6.07 Å². The average Bonchev–Trinajstić information content (AvgIpc) is 2.27. The van der Waals surface area contributed by atoms with Gasteiger partial charge in [-0.15, -0.1) is 0 Å². The maximum absolute atomic E-state index is 10.6. The third kappa shape index (κ3) is 3.20. The van der Waals surface area contributed by atoms with Crippen LogP contribution in [0.2, 0.25) is 0 Å². The Labute approximate surface area is 95.3 Å². The molecule has 0 radical (unpaired) electrons. The van der Waals surface area contributed by atoms with Gasteiger partial charge in [0, 0.05) is 12.3 Å². The van der Waals surface area contributed by atoms with Crippen LogP contribution in [0.15, 0.2) is 18.3 Å². The molecule has 0 aliphatic rings. The lowest BCUT2D eigenvalue weighted by Crippen LogP contribution is -2.23. The molecule has 8 nitrogen and oxygen atoms in total. The molecular weight excluding hydrogens is 232 g/mol. The van der Waals surface area contributed by atoms with Gasteiger partial charge in [0.25, 0.3) is 5.69 Å². The van der Waals surface area contributed by atoms with Gasteiger partial charge in [0.05, 0.1) is 17.4 Å². The molecule has 0 aromatic carbocycles. The number of hydrogen-bond acceptors (Lipinski definition) is 6. The van der Waals surface area contributed by atoms with E-state index < -0.39 is 35.2 Å². The van der Waals surface area contributed by atoms with Crippen molar-refractivity contribution < 1.29 is 25.0 Å². The molecule has 1 heterocycles. The number of pyridine rings is 1. The van der Waals surface area contributed by atoms with Gasteiger partial charge in [-0.3, -0.25) is 19.9 Å². The normalized spacial score (nSPS) is 14.0. The molecular formula is C9H10N2O6. The quantitative estimate of drug-likeness (QED) is 0.483. The van der Waals surface area contributed by atoms with Gasteiger partial charge >= 0.3 is 5.97 Å². The Morgan fingerprint density at radius 3 is 2.71 bits per heavy atom. The van der Waals surface area contributed by atoms with E-state index in [1.165, 1.54) is 12.3 Å². The van der Waals surface area contributed by atoms with Crippen LogP contribution in [0.1, 0.15) is 18.2 Å². The second-order valence-corrected chi connectivity index (χ2v) is 3.27. The first kappa shape index (κ1) is 13.0. The van der Waals surface area contributed by atoms with Crippen molar-refractivity contribution in [3.63, 3.8) is 0 Å². The van der Waals surface area contributed by atoms with Gasteiger partial charge in [0.1, 0.15) is 11.8 Å². The smallest absolute Gasteiger partial charge is 0.306 e. The predicted molar refractivity (Wildman–Crippen MR) is 54.1 cm³/mol. The number of rotatable bonds is 5. The highest BCUT2D eigenvalue weighted by Crippen LogP contribution is 2.25. The van der Waals surface area contributed by atoms with Crippen molar-refractivity contribution in [3.8, 4) is 0 Å². The molecule has 1 aromatic heterocycles. The Morgan fingerprint density at radius 1 is 1.53 bits per heavy atom. The molecule has 17 heavy (non-hydrogen) atoms.